The van der Waals surface area contributed by atoms with Crippen LogP contribution in [-0.2, 0) is 27.7 Å². The van der Waals surface area contributed by atoms with E-state index < -0.39 is 0 Å². The average molecular weight is 280 g/mol. The van der Waals surface area contributed by atoms with Crippen LogP contribution in [0.15, 0.2) is 0 Å². The van der Waals surface area contributed by atoms with E-state index >= 15 is 0 Å². The van der Waals surface area contributed by atoms with E-state index in [1.807, 2.05) is 0 Å². The average Bonchev–Trinajstić information content (AvgIpc) is 1.81. The van der Waals surface area contributed by atoms with Gasteiger partial charge in [0.1, 0.15) is 0 Å². The van der Waals surface area contributed by atoms with Crippen molar-refractivity contribution >= 4 is 0 Å². The van der Waals surface area contributed by atoms with Crippen LogP contribution in [0.5, 0.6) is 0 Å². The van der Waals surface area contributed by atoms with E-state index in [-0.39, 0.29) is 0 Å². The van der Waals surface area contributed by atoms with E-state index in [1.165, 1.54) is 25.7 Å². The van der Waals surface area contributed by atoms with Crippen LogP contribution in [0, 0.1) is 0 Å². The Kier molecular flexibility index (Phi) is 8.64. The van der Waals surface area contributed by atoms with E-state index in [4.69, 9.17) is 2.85 Å². The predicted octanol–water partition coefficient (Wildman–Crippen LogP) is 2.05. The summed E-state index contributed by atoms with van der Waals surface area (Å²) >= 11 is 0.907. The van der Waals surface area contributed by atoms with Gasteiger partial charge in [-0.05, 0) is 0 Å². The Morgan fingerprint density at radius 3 is 2.50 bits per heavy atom. The molecule has 8 heavy (non-hydrogen) atoms. The topological polar surface area (TPSA) is 9.23 Å². The Labute approximate surface area is 67.0 Å². The van der Waals surface area contributed by atoms with Crippen LogP contribution < -0.4 is 0 Å². The second-order valence-corrected chi connectivity index (χ2v) is 2.95. The Morgan fingerprint density at radius 2 is 2.00 bits per heavy atom. The van der Waals surface area contributed by atoms with E-state index in [0.29, 0.717) is 0 Å². The second kappa shape index (κ2) is 7.83. The molecule has 0 atom stereocenters. The first-order valence-electron chi connectivity index (χ1n) is 3.20. The van der Waals surface area contributed by atoms with Crippen molar-refractivity contribution in [2.45, 2.75) is 32.6 Å². The monoisotopic (exact) mass is 281 g/mol. The minimum atomic E-state index is 0.907. The normalized spacial score (nSPS) is 9.50. The Hall–Kier alpha value is 0.830. The molecule has 0 unspecified atom stereocenters. The molecule has 0 aromatic carbocycles. The third kappa shape index (κ3) is 6.83. The Bertz CT molecular complexity index is 33.5. The Balaban J connectivity index is 2.53. The quantitative estimate of drug-likeness (QED) is 0.553. The summed E-state index contributed by atoms with van der Waals surface area (Å²) in [5.41, 5.74) is 0. The Morgan fingerprint density at radius 1 is 1.25 bits per heavy atom. The molecular formula is C6H13HfO. The second-order valence-electron chi connectivity index (χ2n) is 1.91. The van der Waals surface area contributed by atoms with E-state index in [9.17, 15) is 0 Å². The number of hydrogen-bond acceptors (Lipinski definition) is 1. The van der Waals surface area contributed by atoms with Crippen molar-refractivity contribution in [3.63, 3.8) is 0 Å². The molecule has 0 rings (SSSR count). The zero-order valence-electron chi connectivity index (χ0n) is 5.44. The summed E-state index contributed by atoms with van der Waals surface area (Å²) in [7, 11) is 0. The van der Waals surface area contributed by atoms with E-state index in [2.05, 4.69) is 6.92 Å². The molecule has 0 bridgehead atoms. The zero-order valence-corrected chi connectivity index (χ0v) is 9.04. The molecule has 0 N–H and O–H groups in total. The molecule has 0 aromatic heterocycles. The third-order valence-electron chi connectivity index (χ3n) is 1.10. The summed E-state index contributed by atoms with van der Waals surface area (Å²) in [6.07, 6.45) is 5.29. The van der Waals surface area contributed by atoms with Gasteiger partial charge in [0.15, 0.2) is 0 Å². The molecule has 0 heterocycles. The summed E-state index contributed by atoms with van der Waals surface area (Å²) < 4.78 is 5.03. The van der Waals surface area contributed by atoms with Crippen molar-refractivity contribution in [1.29, 1.82) is 0 Å². The van der Waals surface area contributed by atoms with Gasteiger partial charge in [-0.3, -0.25) is 0 Å². The SMILES string of the molecule is CCCCCC[O][Hf]. The predicted molar refractivity (Wildman–Crippen MR) is 30.1 cm³/mol. The van der Waals surface area contributed by atoms with Gasteiger partial charge in [-0.25, -0.2) is 0 Å². The zero-order chi connectivity index (χ0) is 6.24. The van der Waals surface area contributed by atoms with Gasteiger partial charge in [-0.1, -0.05) is 0 Å². The van der Waals surface area contributed by atoms with Crippen molar-refractivity contribution in [3.05, 3.63) is 0 Å². The maximum atomic E-state index is 5.03. The molecule has 1 nitrogen and oxygen atoms in total. The van der Waals surface area contributed by atoms with Crippen LogP contribution in [0.3, 0.4) is 0 Å². The molecule has 0 aliphatic rings. The maximum absolute atomic E-state index is 5.03. The molecule has 0 aliphatic carbocycles. The van der Waals surface area contributed by atoms with Gasteiger partial charge in [0.25, 0.3) is 0 Å². The van der Waals surface area contributed by atoms with E-state index in [1.54, 1.807) is 0 Å². The molecule has 47 valence electrons. The molecule has 0 radical (unpaired) electrons. The summed E-state index contributed by atoms with van der Waals surface area (Å²) in [6.45, 7) is 3.22. The summed E-state index contributed by atoms with van der Waals surface area (Å²) in [5.74, 6) is 0. The molecule has 0 saturated heterocycles. The molecule has 0 aliphatic heterocycles. The summed E-state index contributed by atoms with van der Waals surface area (Å²) in [5, 5.41) is 0. The molecule has 0 spiro atoms. The molecule has 0 saturated carbocycles. The fourth-order valence-electron chi connectivity index (χ4n) is 0.601. The first-order valence-corrected chi connectivity index (χ1v) is 4.67. The van der Waals surface area contributed by atoms with Crippen LogP contribution in [0.25, 0.3) is 0 Å². The minimum absolute atomic E-state index is 0.907. The first kappa shape index (κ1) is 8.83. The van der Waals surface area contributed by atoms with Gasteiger partial charge < -0.3 is 0 Å². The summed E-state index contributed by atoms with van der Waals surface area (Å²) in [6, 6.07) is 0. The van der Waals surface area contributed by atoms with Crippen LogP contribution in [-0.4, -0.2) is 6.61 Å². The molecule has 0 aromatic rings. The number of hydrogen-bond donors (Lipinski definition) is 0. The summed E-state index contributed by atoms with van der Waals surface area (Å²) in [4.78, 5) is 0. The van der Waals surface area contributed by atoms with Crippen molar-refractivity contribution in [2.75, 3.05) is 6.61 Å². The van der Waals surface area contributed by atoms with Crippen molar-refractivity contribution in [1.82, 2.24) is 0 Å². The van der Waals surface area contributed by atoms with Gasteiger partial charge in [-0.15, -0.1) is 0 Å². The third-order valence-corrected chi connectivity index (χ3v) is 1.83. The molecule has 2 heteroatoms. The number of unbranched alkanes of at least 4 members (excludes halogenated alkanes) is 3. The molecule has 0 fully saturated rings. The van der Waals surface area contributed by atoms with Crippen LogP contribution in [0.1, 0.15) is 32.6 Å². The van der Waals surface area contributed by atoms with Gasteiger partial charge in [0.2, 0.25) is 0 Å². The number of rotatable bonds is 5. The fraction of sp³-hybridized carbons (Fsp3) is 1.00. The van der Waals surface area contributed by atoms with Crippen molar-refractivity contribution in [2.24, 2.45) is 0 Å². The van der Waals surface area contributed by atoms with E-state index in [0.717, 1.165) is 31.4 Å². The van der Waals surface area contributed by atoms with Crippen LogP contribution in [0.2, 0.25) is 0 Å². The molecular weight excluding hydrogens is 267 g/mol. The van der Waals surface area contributed by atoms with Crippen molar-refractivity contribution < 1.29 is 27.7 Å². The van der Waals surface area contributed by atoms with Crippen LogP contribution >= 0.6 is 0 Å². The van der Waals surface area contributed by atoms with Gasteiger partial charge in [0, 0.05) is 0 Å². The van der Waals surface area contributed by atoms with Gasteiger partial charge in [0.05, 0.1) is 0 Å². The fourth-order valence-corrected chi connectivity index (χ4v) is 1.12. The molecule has 0 amide bonds. The van der Waals surface area contributed by atoms with Crippen LogP contribution in [0.4, 0.5) is 0 Å². The van der Waals surface area contributed by atoms with Crippen molar-refractivity contribution in [3.8, 4) is 0 Å². The van der Waals surface area contributed by atoms with Gasteiger partial charge >= 0.3 is 66.9 Å². The standard InChI is InChI=1S/C6H13O.Hf/c1-2-3-4-5-6-7;/h2-6H2,1H3;/q-1;+1. The van der Waals surface area contributed by atoms with Gasteiger partial charge in [-0.2, -0.15) is 0 Å². The first-order chi connectivity index (χ1) is 3.91.